The van der Waals surface area contributed by atoms with Gasteiger partial charge in [0.1, 0.15) is 0 Å². The van der Waals surface area contributed by atoms with Gasteiger partial charge in [0.25, 0.3) is 0 Å². The van der Waals surface area contributed by atoms with Gasteiger partial charge in [-0.25, -0.2) is 0 Å². The molecule has 0 saturated heterocycles. The van der Waals surface area contributed by atoms with Gasteiger partial charge < -0.3 is 11.1 Å². The molecule has 118 valence electrons. The molecular weight excluding hydrogens is 286 g/mol. The van der Waals surface area contributed by atoms with Gasteiger partial charge in [0.15, 0.2) is 0 Å². The molecule has 0 aliphatic carbocycles. The third kappa shape index (κ3) is 5.65. The van der Waals surface area contributed by atoms with Crippen molar-refractivity contribution in [2.24, 2.45) is 11.7 Å². The van der Waals surface area contributed by atoms with Gasteiger partial charge in [-0.05, 0) is 31.5 Å². The zero-order valence-electron chi connectivity index (χ0n) is 13.3. The smallest absolute Gasteiger partial charge is 0.234 e. The number of nitrogens with two attached hydrogens (primary N) is 1. The van der Waals surface area contributed by atoms with E-state index in [1.807, 2.05) is 43.1 Å². The minimum Gasteiger partial charge on any atom is -0.355 e. The third-order valence-electron chi connectivity index (χ3n) is 3.30. The van der Waals surface area contributed by atoms with E-state index < -0.39 is 0 Å². The summed E-state index contributed by atoms with van der Waals surface area (Å²) in [6.07, 6.45) is 0. The Morgan fingerprint density at radius 3 is 2.48 bits per heavy atom. The first-order valence-corrected chi connectivity index (χ1v) is 7.67. The number of likely N-dealkylation sites (N-methyl/N-ethyl adjacent to an activating group) is 1. The average Bonchev–Trinajstić information content (AvgIpc) is 2.38. The van der Waals surface area contributed by atoms with Crippen LogP contribution in [-0.2, 0) is 4.79 Å². The summed E-state index contributed by atoms with van der Waals surface area (Å²) in [4.78, 5) is 13.9. The molecule has 1 aromatic rings. The molecule has 1 amide bonds. The number of nitrogens with zero attached hydrogens (tertiary/aromatic N) is 1. The van der Waals surface area contributed by atoms with Crippen molar-refractivity contribution in [2.75, 3.05) is 20.1 Å². The highest BCUT2D eigenvalue weighted by molar-refractivity contribution is 6.31. The van der Waals surface area contributed by atoms with Crippen LogP contribution in [0.15, 0.2) is 24.3 Å². The fourth-order valence-electron chi connectivity index (χ4n) is 2.34. The van der Waals surface area contributed by atoms with E-state index in [1.54, 1.807) is 0 Å². The standard InChI is InChI=1S/C16H26ClN3O/c1-11(2)9-19-15(21)10-20(4)16(12(3)18)13-7-5-6-8-14(13)17/h5-8,11-12,16H,9-10,18H2,1-4H3,(H,19,21). The molecule has 0 aliphatic rings. The highest BCUT2D eigenvalue weighted by Crippen LogP contribution is 2.28. The van der Waals surface area contributed by atoms with E-state index >= 15 is 0 Å². The van der Waals surface area contributed by atoms with Crippen molar-refractivity contribution in [2.45, 2.75) is 32.9 Å². The highest BCUT2D eigenvalue weighted by Gasteiger charge is 2.24. The highest BCUT2D eigenvalue weighted by atomic mass is 35.5. The second-order valence-electron chi connectivity index (χ2n) is 5.94. The lowest BCUT2D eigenvalue weighted by Gasteiger charge is -2.31. The Morgan fingerprint density at radius 1 is 1.33 bits per heavy atom. The van der Waals surface area contributed by atoms with Crippen molar-refractivity contribution in [3.05, 3.63) is 34.9 Å². The number of amides is 1. The van der Waals surface area contributed by atoms with Crippen LogP contribution >= 0.6 is 11.6 Å². The maximum atomic E-state index is 12.0. The molecule has 5 heteroatoms. The summed E-state index contributed by atoms with van der Waals surface area (Å²) >= 11 is 6.26. The van der Waals surface area contributed by atoms with Crippen LogP contribution in [0, 0.1) is 5.92 Å². The Morgan fingerprint density at radius 2 is 1.95 bits per heavy atom. The number of halogens is 1. The summed E-state index contributed by atoms with van der Waals surface area (Å²) in [6, 6.07) is 7.40. The van der Waals surface area contributed by atoms with Crippen molar-refractivity contribution < 1.29 is 4.79 Å². The molecule has 0 heterocycles. The second kappa shape index (κ2) is 8.37. The molecule has 0 saturated carbocycles. The Balaban J connectivity index is 2.77. The third-order valence-corrected chi connectivity index (χ3v) is 3.64. The van der Waals surface area contributed by atoms with Crippen LogP contribution in [0.4, 0.5) is 0 Å². The average molecular weight is 312 g/mol. The molecule has 0 radical (unpaired) electrons. The molecule has 3 N–H and O–H groups in total. The van der Waals surface area contributed by atoms with Crippen molar-refractivity contribution in [1.82, 2.24) is 10.2 Å². The van der Waals surface area contributed by atoms with Crippen molar-refractivity contribution >= 4 is 17.5 Å². The van der Waals surface area contributed by atoms with Crippen LogP contribution in [0.3, 0.4) is 0 Å². The number of hydrogen-bond donors (Lipinski definition) is 2. The second-order valence-corrected chi connectivity index (χ2v) is 6.35. The number of rotatable bonds is 7. The molecule has 4 nitrogen and oxygen atoms in total. The van der Waals surface area contributed by atoms with Crippen LogP contribution in [0.2, 0.25) is 5.02 Å². The number of hydrogen-bond acceptors (Lipinski definition) is 3. The fraction of sp³-hybridized carbons (Fsp3) is 0.562. The minimum absolute atomic E-state index is 0.00361. The van der Waals surface area contributed by atoms with E-state index in [0.29, 0.717) is 24.0 Å². The van der Waals surface area contributed by atoms with Gasteiger partial charge in [0.05, 0.1) is 12.6 Å². The van der Waals surface area contributed by atoms with Gasteiger partial charge in [-0.15, -0.1) is 0 Å². The fourth-order valence-corrected chi connectivity index (χ4v) is 2.58. The van der Waals surface area contributed by atoms with Crippen LogP contribution in [0.5, 0.6) is 0 Å². The maximum absolute atomic E-state index is 12.0. The first kappa shape index (κ1) is 18.0. The number of nitrogens with one attached hydrogen (secondary N) is 1. The zero-order chi connectivity index (χ0) is 16.0. The number of benzene rings is 1. The van der Waals surface area contributed by atoms with Crippen molar-refractivity contribution in [3.8, 4) is 0 Å². The molecule has 0 bridgehead atoms. The quantitative estimate of drug-likeness (QED) is 0.813. The predicted molar refractivity (Wildman–Crippen MR) is 88.3 cm³/mol. The number of carbonyl (C=O) groups is 1. The molecular formula is C16H26ClN3O. The molecule has 2 unspecified atom stereocenters. The predicted octanol–water partition coefficient (Wildman–Crippen LogP) is 2.43. The van der Waals surface area contributed by atoms with Gasteiger partial charge in [-0.1, -0.05) is 43.6 Å². The lowest BCUT2D eigenvalue weighted by molar-refractivity contribution is -0.122. The zero-order valence-corrected chi connectivity index (χ0v) is 14.0. The maximum Gasteiger partial charge on any atom is 0.234 e. The molecule has 0 aliphatic heterocycles. The molecule has 1 aromatic carbocycles. The minimum atomic E-state index is -0.132. The van der Waals surface area contributed by atoms with Gasteiger partial charge >= 0.3 is 0 Å². The monoisotopic (exact) mass is 311 g/mol. The molecule has 2 atom stereocenters. The van der Waals surface area contributed by atoms with E-state index in [0.717, 1.165) is 5.56 Å². The summed E-state index contributed by atoms with van der Waals surface area (Å²) in [5, 5.41) is 3.59. The lowest BCUT2D eigenvalue weighted by Crippen LogP contribution is -2.43. The van der Waals surface area contributed by atoms with E-state index in [1.165, 1.54) is 0 Å². The number of carbonyl (C=O) groups excluding carboxylic acids is 1. The SMILES string of the molecule is CC(C)CNC(=O)CN(C)C(c1ccccc1Cl)C(C)N. The topological polar surface area (TPSA) is 58.4 Å². The largest absolute Gasteiger partial charge is 0.355 e. The first-order chi connectivity index (χ1) is 9.82. The van der Waals surface area contributed by atoms with Gasteiger partial charge in [0, 0.05) is 17.6 Å². The Hall–Kier alpha value is -1.10. The Kier molecular flexibility index (Phi) is 7.15. The van der Waals surface area contributed by atoms with Gasteiger partial charge in [-0.3, -0.25) is 9.69 Å². The molecule has 0 aromatic heterocycles. The van der Waals surface area contributed by atoms with E-state index in [4.69, 9.17) is 17.3 Å². The van der Waals surface area contributed by atoms with Crippen LogP contribution in [-0.4, -0.2) is 37.0 Å². The summed E-state index contributed by atoms with van der Waals surface area (Å²) in [5.41, 5.74) is 7.06. The van der Waals surface area contributed by atoms with Gasteiger partial charge in [0.2, 0.25) is 5.91 Å². The van der Waals surface area contributed by atoms with E-state index in [-0.39, 0.29) is 18.0 Å². The van der Waals surface area contributed by atoms with Crippen LogP contribution in [0.25, 0.3) is 0 Å². The van der Waals surface area contributed by atoms with E-state index in [9.17, 15) is 4.79 Å². The Bertz CT molecular complexity index is 463. The normalized spacial score (nSPS) is 14.3. The van der Waals surface area contributed by atoms with E-state index in [2.05, 4.69) is 19.2 Å². The van der Waals surface area contributed by atoms with Crippen molar-refractivity contribution in [1.29, 1.82) is 0 Å². The Labute approximate surface area is 132 Å². The summed E-state index contributed by atoms with van der Waals surface area (Å²) in [5.74, 6) is 0.441. The molecule has 21 heavy (non-hydrogen) atoms. The summed E-state index contributed by atoms with van der Waals surface area (Å²) < 4.78 is 0. The first-order valence-electron chi connectivity index (χ1n) is 7.29. The molecule has 0 fully saturated rings. The summed E-state index contributed by atoms with van der Waals surface area (Å²) in [6.45, 7) is 7.04. The van der Waals surface area contributed by atoms with Gasteiger partial charge in [-0.2, -0.15) is 0 Å². The molecule has 1 rings (SSSR count). The van der Waals surface area contributed by atoms with Crippen molar-refractivity contribution in [3.63, 3.8) is 0 Å². The summed E-state index contributed by atoms with van der Waals surface area (Å²) in [7, 11) is 1.90. The molecule has 0 spiro atoms. The van der Waals surface area contributed by atoms with Crippen LogP contribution < -0.4 is 11.1 Å². The lowest BCUT2D eigenvalue weighted by atomic mass is 9.99. The van der Waals surface area contributed by atoms with Crippen LogP contribution in [0.1, 0.15) is 32.4 Å².